The van der Waals surface area contributed by atoms with E-state index in [1.165, 1.54) is 0 Å². The maximum absolute atomic E-state index is 12.2. The minimum atomic E-state index is -2.90. The van der Waals surface area contributed by atoms with E-state index in [1.807, 2.05) is 0 Å². The number of hydrogen-bond acceptors (Lipinski definition) is 3. The van der Waals surface area contributed by atoms with Crippen molar-refractivity contribution in [3.63, 3.8) is 0 Å². The van der Waals surface area contributed by atoms with E-state index in [9.17, 15) is 13.6 Å². The van der Waals surface area contributed by atoms with Crippen LogP contribution in [-0.2, 0) is 11.2 Å². The molecule has 1 rings (SSSR count). The molecule has 0 spiro atoms. The van der Waals surface area contributed by atoms with E-state index in [0.29, 0.717) is 0 Å². The number of hydrogen-bond donors (Lipinski definition) is 2. The normalized spacial score (nSPS) is 10.7. The van der Waals surface area contributed by atoms with Crippen LogP contribution in [0.2, 0.25) is 0 Å². The second-order valence-electron chi connectivity index (χ2n) is 2.71. The Morgan fingerprint density at radius 2 is 2.20 bits per heavy atom. The highest BCUT2D eigenvalue weighted by molar-refractivity contribution is 9.10. The van der Waals surface area contributed by atoms with Gasteiger partial charge in [-0.05, 0) is 27.6 Å². The van der Waals surface area contributed by atoms with Gasteiger partial charge in [0.05, 0.1) is 6.42 Å². The second kappa shape index (κ2) is 4.52. The summed E-state index contributed by atoms with van der Waals surface area (Å²) >= 11 is 2.86. The molecule has 1 aromatic rings. The molecule has 82 valence electrons. The van der Waals surface area contributed by atoms with Gasteiger partial charge < -0.3 is 10.2 Å². The first-order chi connectivity index (χ1) is 6.91. The van der Waals surface area contributed by atoms with Crippen molar-refractivity contribution >= 4 is 21.9 Å². The lowest BCUT2D eigenvalue weighted by molar-refractivity contribution is -0.136. The van der Waals surface area contributed by atoms with Gasteiger partial charge in [-0.2, -0.15) is 0 Å². The van der Waals surface area contributed by atoms with Crippen LogP contribution in [0.5, 0.6) is 5.75 Å². The van der Waals surface area contributed by atoms with Crippen molar-refractivity contribution in [1.82, 2.24) is 4.98 Å². The Bertz CT molecular complexity index is 398. The Morgan fingerprint density at radius 3 is 2.67 bits per heavy atom. The summed E-state index contributed by atoms with van der Waals surface area (Å²) in [5.41, 5.74) is -0.625. The molecule has 1 aromatic heterocycles. The number of carboxylic acid groups (broad SMARTS) is 1. The smallest absolute Gasteiger partial charge is 0.307 e. The summed E-state index contributed by atoms with van der Waals surface area (Å²) in [5.74, 6) is -1.84. The van der Waals surface area contributed by atoms with Gasteiger partial charge in [0, 0.05) is 0 Å². The van der Waals surface area contributed by atoms with E-state index in [4.69, 9.17) is 10.2 Å². The van der Waals surface area contributed by atoms with Crippen LogP contribution in [0.4, 0.5) is 8.78 Å². The van der Waals surface area contributed by atoms with Crippen molar-refractivity contribution in [2.45, 2.75) is 12.8 Å². The highest BCUT2D eigenvalue weighted by Crippen LogP contribution is 2.30. The van der Waals surface area contributed by atoms with Crippen LogP contribution in [0, 0.1) is 0 Å². The molecule has 7 heteroatoms. The third-order valence-corrected chi connectivity index (χ3v) is 2.29. The van der Waals surface area contributed by atoms with Crippen LogP contribution in [0.3, 0.4) is 0 Å². The minimum absolute atomic E-state index is 0.00185. The first-order valence-corrected chi connectivity index (χ1v) is 4.59. The zero-order chi connectivity index (χ0) is 11.6. The third-order valence-electron chi connectivity index (χ3n) is 1.61. The van der Waals surface area contributed by atoms with Crippen molar-refractivity contribution in [2.24, 2.45) is 0 Å². The van der Waals surface area contributed by atoms with Crippen molar-refractivity contribution < 1.29 is 23.8 Å². The van der Waals surface area contributed by atoms with Crippen LogP contribution in [0.25, 0.3) is 0 Å². The Hall–Kier alpha value is -1.24. The molecule has 0 aromatic carbocycles. The number of carboxylic acids is 1. The Morgan fingerprint density at radius 1 is 1.60 bits per heavy atom. The average molecular weight is 282 g/mol. The average Bonchev–Trinajstić information content (AvgIpc) is 2.09. The van der Waals surface area contributed by atoms with E-state index >= 15 is 0 Å². The van der Waals surface area contributed by atoms with Gasteiger partial charge >= 0.3 is 5.97 Å². The fourth-order valence-electron chi connectivity index (χ4n) is 0.981. The Balaban J connectivity index is 3.13. The molecule has 0 fully saturated rings. The van der Waals surface area contributed by atoms with Crippen molar-refractivity contribution in [2.75, 3.05) is 0 Å². The topological polar surface area (TPSA) is 70.4 Å². The summed E-state index contributed by atoms with van der Waals surface area (Å²) < 4.78 is 24.5. The molecule has 0 saturated carbocycles. The van der Waals surface area contributed by atoms with Gasteiger partial charge in [0.25, 0.3) is 6.43 Å². The Kier molecular flexibility index (Phi) is 3.57. The van der Waals surface area contributed by atoms with Gasteiger partial charge in [0.1, 0.15) is 16.0 Å². The lowest BCUT2D eigenvalue weighted by Gasteiger charge is -2.06. The molecule has 0 aliphatic rings. The predicted octanol–water partition coefficient (Wildman–Crippen LogP) is 2.11. The largest absolute Gasteiger partial charge is 0.506 e. The highest BCUT2D eigenvalue weighted by Gasteiger charge is 2.18. The molecule has 15 heavy (non-hydrogen) atoms. The molecule has 0 radical (unpaired) electrons. The molecule has 0 aliphatic carbocycles. The standard InChI is InChI=1S/C8H6BrF2NO3/c9-7-3(2-5(14)15)1-4(13)6(12-7)8(10)11/h1,8,13H,2H2,(H,14,15). The molecule has 4 nitrogen and oxygen atoms in total. The van der Waals surface area contributed by atoms with Crippen LogP contribution in [-0.4, -0.2) is 21.2 Å². The zero-order valence-corrected chi connectivity index (χ0v) is 8.83. The molecule has 0 atom stereocenters. The lowest BCUT2D eigenvalue weighted by Crippen LogP contribution is -2.03. The van der Waals surface area contributed by atoms with Gasteiger partial charge in [-0.1, -0.05) is 0 Å². The zero-order valence-electron chi connectivity index (χ0n) is 7.25. The number of rotatable bonds is 3. The number of pyridine rings is 1. The van der Waals surface area contributed by atoms with Crippen LogP contribution >= 0.6 is 15.9 Å². The minimum Gasteiger partial charge on any atom is -0.506 e. The first kappa shape index (κ1) is 11.8. The van der Waals surface area contributed by atoms with E-state index in [1.54, 1.807) is 0 Å². The number of alkyl halides is 2. The quantitative estimate of drug-likeness (QED) is 0.833. The molecule has 0 unspecified atom stereocenters. The lowest BCUT2D eigenvalue weighted by atomic mass is 10.2. The number of carbonyl (C=O) groups is 1. The predicted molar refractivity (Wildman–Crippen MR) is 49.9 cm³/mol. The number of halogens is 3. The molecule has 0 amide bonds. The first-order valence-electron chi connectivity index (χ1n) is 3.80. The van der Waals surface area contributed by atoms with E-state index < -0.39 is 30.3 Å². The van der Waals surface area contributed by atoms with Crippen LogP contribution in [0.15, 0.2) is 10.7 Å². The molecular weight excluding hydrogens is 276 g/mol. The third kappa shape index (κ3) is 2.85. The van der Waals surface area contributed by atoms with Gasteiger partial charge in [-0.3, -0.25) is 4.79 Å². The molecule has 2 N–H and O–H groups in total. The van der Waals surface area contributed by atoms with Crippen LogP contribution < -0.4 is 0 Å². The highest BCUT2D eigenvalue weighted by atomic mass is 79.9. The fourth-order valence-corrected chi connectivity index (χ4v) is 1.43. The van der Waals surface area contributed by atoms with Gasteiger partial charge in [0.15, 0.2) is 0 Å². The summed E-state index contributed by atoms with van der Waals surface area (Å²) in [6.45, 7) is 0. The van der Waals surface area contributed by atoms with Crippen molar-refractivity contribution in [1.29, 1.82) is 0 Å². The number of aliphatic carboxylic acids is 1. The second-order valence-corrected chi connectivity index (χ2v) is 3.47. The van der Waals surface area contributed by atoms with Crippen molar-refractivity contribution in [3.8, 4) is 5.75 Å². The monoisotopic (exact) mass is 281 g/mol. The SMILES string of the molecule is O=C(O)Cc1cc(O)c(C(F)F)nc1Br. The van der Waals surface area contributed by atoms with Gasteiger partial charge in [-0.15, -0.1) is 0 Å². The van der Waals surface area contributed by atoms with Crippen molar-refractivity contribution in [3.05, 3.63) is 21.9 Å². The summed E-state index contributed by atoms with van der Waals surface area (Å²) in [7, 11) is 0. The maximum Gasteiger partial charge on any atom is 0.307 e. The van der Waals surface area contributed by atoms with Gasteiger partial charge in [-0.25, -0.2) is 13.8 Å². The molecule has 0 aliphatic heterocycles. The van der Waals surface area contributed by atoms with E-state index in [-0.39, 0.29) is 10.2 Å². The number of aromatic hydroxyl groups is 1. The summed E-state index contributed by atoms with van der Waals surface area (Å²) in [5, 5.41) is 17.6. The molecule has 0 bridgehead atoms. The summed E-state index contributed by atoms with van der Waals surface area (Å²) in [6, 6.07) is 0.965. The Labute approximate surface area is 91.7 Å². The number of aromatic nitrogens is 1. The summed E-state index contributed by atoms with van der Waals surface area (Å²) in [6.07, 6.45) is -3.30. The molecule has 0 saturated heterocycles. The maximum atomic E-state index is 12.2. The fraction of sp³-hybridized carbons (Fsp3) is 0.250. The van der Waals surface area contributed by atoms with Crippen LogP contribution in [0.1, 0.15) is 17.7 Å². The molecule has 1 heterocycles. The molecular formula is C8H6BrF2NO3. The van der Waals surface area contributed by atoms with E-state index in [2.05, 4.69) is 20.9 Å². The van der Waals surface area contributed by atoms with Gasteiger partial charge in [0.2, 0.25) is 0 Å². The number of nitrogens with zero attached hydrogens (tertiary/aromatic N) is 1. The summed E-state index contributed by atoms with van der Waals surface area (Å²) in [4.78, 5) is 13.8. The van der Waals surface area contributed by atoms with E-state index in [0.717, 1.165) is 6.07 Å².